The summed E-state index contributed by atoms with van der Waals surface area (Å²) >= 11 is 8.95. The highest BCUT2D eigenvalue weighted by atomic mass is 35.5. The Kier molecular flexibility index (Phi) is 9.02. The molecule has 0 saturated heterocycles. The van der Waals surface area contributed by atoms with E-state index in [2.05, 4.69) is 17.1 Å². The van der Waals surface area contributed by atoms with Crippen molar-refractivity contribution >= 4 is 62.5 Å². The zero-order valence-electron chi connectivity index (χ0n) is 23.7. The third-order valence-electron chi connectivity index (χ3n) is 7.23. The lowest BCUT2D eigenvalue weighted by Gasteiger charge is -2.24. The predicted octanol–water partition coefficient (Wildman–Crippen LogP) is 8.58. The molecule has 5 aromatic rings. The van der Waals surface area contributed by atoms with Gasteiger partial charge in [0, 0.05) is 16.2 Å². The first-order chi connectivity index (χ1) is 21.4. The van der Waals surface area contributed by atoms with Crippen molar-refractivity contribution in [1.82, 2.24) is 10.2 Å². The Hall–Kier alpha value is -4.12. The molecule has 0 unspecified atom stereocenters. The number of aliphatic hydroxyl groups is 1. The van der Waals surface area contributed by atoms with Crippen LogP contribution in [0.4, 0.5) is 5.13 Å². The third-order valence-corrected chi connectivity index (χ3v) is 9.70. The van der Waals surface area contributed by atoms with Crippen molar-refractivity contribution in [2.24, 2.45) is 0 Å². The molecule has 3 heterocycles. The van der Waals surface area contributed by atoms with Crippen LogP contribution < -0.4 is 9.64 Å². The molecule has 0 fully saturated rings. The van der Waals surface area contributed by atoms with E-state index in [-0.39, 0.29) is 16.5 Å². The van der Waals surface area contributed by atoms with Crippen molar-refractivity contribution in [3.8, 4) is 5.75 Å². The number of furan rings is 1. The smallest absolute Gasteiger partial charge is 0.296 e. The minimum atomic E-state index is -0.966. The molecule has 0 aliphatic carbocycles. The first-order valence-corrected chi connectivity index (χ1v) is 16.3. The highest BCUT2D eigenvalue weighted by molar-refractivity contribution is 8.00. The standard InChI is InChI=1S/C33H28ClN3O5S2/c1-2-3-8-17-41-23-15-13-20(14-16-23)28-27(29(38)26-18-21-9-5-7-12-25(21)42-26)30(39)31(40)37(28)32-35-36-33(44-32)43-19-22-10-4-6-11-24(22)34/h4-7,9-16,18,28,39H,2-3,8,17,19H2,1H3/t28-/m0/s1. The summed E-state index contributed by atoms with van der Waals surface area (Å²) in [7, 11) is 0. The van der Waals surface area contributed by atoms with Crippen molar-refractivity contribution in [2.45, 2.75) is 42.3 Å². The maximum absolute atomic E-state index is 13.9. The van der Waals surface area contributed by atoms with Crippen LogP contribution in [0.1, 0.15) is 53.9 Å². The van der Waals surface area contributed by atoms with Gasteiger partial charge in [-0.05, 0) is 47.9 Å². The fourth-order valence-electron chi connectivity index (χ4n) is 4.98. The first-order valence-electron chi connectivity index (χ1n) is 14.2. The minimum Gasteiger partial charge on any atom is -0.503 e. The molecule has 44 heavy (non-hydrogen) atoms. The van der Waals surface area contributed by atoms with Gasteiger partial charge in [-0.3, -0.25) is 14.5 Å². The number of benzene rings is 3. The van der Waals surface area contributed by atoms with Crippen molar-refractivity contribution in [3.05, 3.63) is 112 Å². The second-order valence-corrected chi connectivity index (χ2v) is 12.8. The van der Waals surface area contributed by atoms with Gasteiger partial charge in [0.1, 0.15) is 11.3 Å². The van der Waals surface area contributed by atoms with E-state index in [1.54, 1.807) is 36.4 Å². The number of unbranched alkanes of at least 4 members (excludes halogenated alkanes) is 2. The van der Waals surface area contributed by atoms with E-state index in [4.69, 9.17) is 20.8 Å². The summed E-state index contributed by atoms with van der Waals surface area (Å²) in [6.45, 7) is 2.73. The Bertz CT molecular complexity index is 1820. The minimum absolute atomic E-state index is 0.0246. The number of carbonyl (C=O) groups is 2. The molecule has 2 aromatic heterocycles. The molecule has 11 heteroatoms. The van der Waals surface area contributed by atoms with Gasteiger partial charge in [-0.2, -0.15) is 0 Å². The summed E-state index contributed by atoms with van der Waals surface area (Å²) in [5.41, 5.74) is 1.98. The molecular formula is C33H28ClN3O5S2. The van der Waals surface area contributed by atoms with E-state index in [1.807, 2.05) is 42.5 Å². The number of hydrogen-bond acceptors (Lipinski definition) is 9. The molecule has 1 amide bonds. The number of amides is 1. The predicted molar refractivity (Wildman–Crippen MR) is 173 cm³/mol. The number of thioether (sulfide) groups is 1. The summed E-state index contributed by atoms with van der Waals surface area (Å²) in [6.07, 6.45) is 3.12. The normalized spacial score (nSPS) is 15.0. The number of ketones is 1. The Balaban J connectivity index is 1.33. The van der Waals surface area contributed by atoms with Crippen LogP contribution in [0, 0.1) is 0 Å². The van der Waals surface area contributed by atoms with Crippen molar-refractivity contribution in [3.63, 3.8) is 0 Å². The van der Waals surface area contributed by atoms with Gasteiger partial charge in [-0.25, -0.2) is 0 Å². The van der Waals surface area contributed by atoms with Crippen LogP contribution in [0.3, 0.4) is 0 Å². The van der Waals surface area contributed by atoms with Crippen molar-refractivity contribution in [2.75, 3.05) is 11.5 Å². The first kappa shape index (κ1) is 29.9. The van der Waals surface area contributed by atoms with E-state index >= 15 is 0 Å². The monoisotopic (exact) mass is 645 g/mol. The van der Waals surface area contributed by atoms with Crippen molar-refractivity contribution < 1.29 is 23.8 Å². The van der Waals surface area contributed by atoms with E-state index in [9.17, 15) is 14.7 Å². The van der Waals surface area contributed by atoms with Crippen molar-refractivity contribution in [1.29, 1.82) is 0 Å². The van der Waals surface area contributed by atoms with Crippen LogP contribution in [0.5, 0.6) is 5.75 Å². The zero-order chi connectivity index (χ0) is 30.6. The van der Waals surface area contributed by atoms with Gasteiger partial charge in [-0.15, -0.1) is 10.2 Å². The molecule has 0 saturated carbocycles. The van der Waals surface area contributed by atoms with Crippen LogP contribution >= 0.6 is 34.7 Å². The number of anilines is 1. The Morgan fingerprint density at radius 3 is 2.61 bits per heavy atom. The molecule has 0 bridgehead atoms. The molecule has 1 aliphatic heterocycles. The molecular weight excluding hydrogens is 618 g/mol. The Morgan fingerprint density at radius 2 is 1.84 bits per heavy atom. The number of halogens is 1. The van der Waals surface area contributed by atoms with Gasteiger partial charge in [0.25, 0.3) is 5.91 Å². The van der Waals surface area contributed by atoms with Gasteiger partial charge >= 0.3 is 0 Å². The molecule has 6 rings (SSSR count). The lowest BCUT2D eigenvalue weighted by Crippen LogP contribution is -2.31. The number of fused-ring (bicyclic) bond motifs is 1. The molecule has 224 valence electrons. The number of ether oxygens (including phenoxy) is 1. The molecule has 1 atom stereocenters. The number of Topliss-reactive ketones (excluding diaryl/α,β-unsaturated/α-hetero) is 1. The fourth-order valence-corrected chi connectivity index (χ4v) is 7.13. The Labute approximate surface area is 267 Å². The number of nitrogens with zero attached hydrogens (tertiary/aromatic N) is 3. The number of aromatic nitrogens is 2. The lowest BCUT2D eigenvalue weighted by atomic mass is 9.95. The maximum Gasteiger partial charge on any atom is 0.296 e. The quantitative estimate of drug-likeness (QED) is 0.0622. The molecule has 8 nitrogen and oxygen atoms in total. The van der Waals surface area contributed by atoms with Gasteiger partial charge < -0.3 is 14.3 Å². The number of rotatable bonds is 12. The maximum atomic E-state index is 13.9. The SMILES string of the molecule is CCCCCOc1ccc([C@H]2C(C(=O)c3cc4ccccc4o3)=C(O)C(=O)N2c2nnc(SCc3ccccc3Cl)s2)cc1. The molecule has 0 spiro atoms. The number of para-hydroxylation sites is 1. The molecule has 0 radical (unpaired) electrons. The summed E-state index contributed by atoms with van der Waals surface area (Å²) < 4.78 is 12.3. The average molecular weight is 646 g/mol. The summed E-state index contributed by atoms with van der Waals surface area (Å²) in [5, 5.41) is 21.4. The number of carbonyl (C=O) groups excluding carboxylic acids is 2. The molecule has 1 N–H and O–H groups in total. The summed E-state index contributed by atoms with van der Waals surface area (Å²) in [4.78, 5) is 28.9. The second kappa shape index (κ2) is 13.3. The average Bonchev–Trinajstić information content (AvgIpc) is 3.75. The van der Waals surface area contributed by atoms with Gasteiger partial charge in [0.2, 0.25) is 10.9 Å². The summed E-state index contributed by atoms with van der Waals surface area (Å²) in [6, 6.07) is 22.6. The second-order valence-electron chi connectivity index (χ2n) is 10.2. The van der Waals surface area contributed by atoms with E-state index in [0.717, 1.165) is 30.2 Å². The van der Waals surface area contributed by atoms with Crippen LogP contribution in [0.25, 0.3) is 11.0 Å². The van der Waals surface area contributed by atoms with Crippen LogP contribution in [-0.2, 0) is 10.5 Å². The van der Waals surface area contributed by atoms with Gasteiger partial charge in [0.15, 0.2) is 15.9 Å². The van der Waals surface area contributed by atoms with E-state index in [1.165, 1.54) is 28.0 Å². The van der Waals surface area contributed by atoms with Gasteiger partial charge in [-0.1, -0.05) is 103 Å². The van der Waals surface area contributed by atoms with Gasteiger partial charge in [0.05, 0.1) is 18.2 Å². The van der Waals surface area contributed by atoms with E-state index < -0.39 is 23.5 Å². The Morgan fingerprint density at radius 1 is 1.07 bits per heavy atom. The molecule has 1 aliphatic rings. The molecule has 3 aromatic carbocycles. The van der Waals surface area contributed by atoms with Crippen LogP contribution in [-0.4, -0.2) is 33.6 Å². The topological polar surface area (TPSA) is 106 Å². The van der Waals surface area contributed by atoms with Crippen LogP contribution in [0.2, 0.25) is 5.02 Å². The highest BCUT2D eigenvalue weighted by Gasteiger charge is 2.46. The highest BCUT2D eigenvalue weighted by Crippen LogP contribution is 2.44. The van der Waals surface area contributed by atoms with E-state index in [0.29, 0.717) is 38.6 Å². The fraction of sp³-hybridized carbons (Fsp3) is 0.212. The third kappa shape index (κ3) is 6.10. The number of aliphatic hydroxyl groups excluding tert-OH is 1. The summed E-state index contributed by atoms with van der Waals surface area (Å²) in [5.74, 6) is -0.721. The lowest BCUT2D eigenvalue weighted by molar-refractivity contribution is -0.117. The largest absolute Gasteiger partial charge is 0.503 e. The zero-order valence-corrected chi connectivity index (χ0v) is 26.1. The van der Waals surface area contributed by atoms with Crippen LogP contribution in [0.15, 0.2) is 99.0 Å². The number of hydrogen-bond donors (Lipinski definition) is 1.